The van der Waals surface area contributed by atoms with Crippen LogP contribution in [0.3, 0.4) is 0 Å². The molecule has 0 aromatic rings. The Hall–Kier alpha value is 5.45. The van der Waals surface area contributed by atoms with Gasteiger partial charge in [-0.15, -0.1) is 0 Å². The minimum Gasteiger partial charge on any atom is -0.328 e. The van der Waals surface area contributed by atoms with E-state index < -0.39 is 0 Å². The maximum atomic E-state index is 4.00. The topological polar surface area (TPSA) is 0 Å². The number of hydrogen-bond donors (Lipinski definition) is 0. The average Bonchev–Trinajstić information content (AvgIpc) is 3.01. The maximum Gasteiger partial charge on any atom is 0 e. The van der Waals surface area contributed by atoms with Gasteiger partial charge in [0.25, 0.3) is 0 Å². The van der Waals surface area contributed by atoms with Gasteiger partial charge in [0.2, 0.25) is 0 Å². The molecular formula is C49H110B3Y5-2. The van der Waals surface area contributed by atoms with Crippen molar-refractivity contribution < 1.29 is 164 Å². The number of hydrogen-bond acceptors (Lipinski definition) is 0. The molecule has 0 unspecified atom stereocenters. The van der Waals surface area contributed by atoms with Gasteiger partial charge in [0, 0.05) is 187 Å². The Morgan fingerprint density at radius 1 is 0.386 bits per heavy atom. The summed E-state index contributed by atoms with van der Waals surface area (Å²) in [6.07, 6.45) is 45.6. The Kier molecular flexibility index (Phi) is 125. The van der Waals surface area contributed by atoms with E-state index in [1.54, 1.807) is 57.8 Å². The van der Waals surface area contributed by atoms with Crippen molar-refractivity contribution in [3.8, 4) is 0 Å². The van der Waals surface area contributed by atoms with E-state index in [9.17, 15) is 0 Å². The zero-order valence-corrected chi connectivity index (χ0v) is 44.7. The van der Waals surface area contributed by atoms with Crippen molar-refractivity contribution in [1.82, 2.24) is 0 Å². The summed E-state index contributed by atoms with van der Waals surface area (Å²) in [4.78, 5) is 0. The molecule has 0 spiro atoms. The molecular weight excluding hydrogens is 1070 g/mol. The second-order valence-corrected chi connectivity index (χ2v) is 15.0. The third-order valence-electron chi connectivity index (χ3n) is 11.9. The standard InChI is InChI=1S/C21H37.C17H29.11CH4.B2.B.5Y/c1-17-7-9-19(10-8-17)16-21-13-11-20(12-14-21)15-18-5-3-2-4-6-18;1-2-3-7-15-10-12-17(13-11-15)14-16-8-5-4-6-9-16;;;;;;;;;;;;1-2;;;;;;/h2,17-21H,3-16H2,1H3;2-4,15-17H,5-14H2,1H3;11*1H4;;;;;;;/q2*-1;;;;;;;;;;;;;;;;;;/b;3-2+;;;;;;;;;;;;;;;;;;. The van der Waals surface area contributed by atoms with E-state index in [1.165, 1.54) is 96.3 Å². The van der Waals surface area contributed by atoms with E-state index in [-0.39, 0.29) is 254 Å². The molecule has 0 bridgehead atoms. The summed E-state index contributed by atoms with van der Waals surface area (Å²) in [7, 11) is 8.00. The zero-order chi connectivity index (χ0) is 28.4. The summed E-state index contributed by atoms with van der Waals surface area (Å²) >= 11 is 0. The van der Waals surface area contributed by atoms with Gasteiger partial charge in [0.1, 0.15) is 0 Å². The Morgan fingerprint density at radius 2 is 0.596 bits per heavy atom. The molecule has 0 heterocycles. The van der Waals surface area contributed by atoms with Gasteiger partial charge in [0.05, 0.1) is 0 Å². The first kappa shape index (κ1) is 105. The minimum absolute atomic E-state index is 0. The Balaban J connectivity index is -0.0000000358. The van der Waals surface area contributed by atoms with Crippen LogP contribution >= 0.6 is 0 Å². The van der Waals surface area contributed by atoms with Crippen LogP contribution in [0.1, 0.15) is 250 Å². The van der Waals surface area contributed by atoms with Gasteiger partial charge in [0.15, 0.2) is 0 Å². The van der Waals surface area contributed by atoms with Crippen LogP contribution in [0.2, 0.25) is 0 Å². The molecule has 0 aliphatic heterocycles. The Labute approximate surface area is 501 Å². The molecule has 0 atom stereocenters. The second-order valence-electron chi connectivity index (χ2n) is 15.0. The van der Waals surface area contributed by atoms with Crippen LogP contribution in [-0.2, 0) is 164 Å². The molecule has 8 heteroatoms. The molecule has 0 aromatic carbocycles. The maximum absolute atomic E-state index is 4.00. The van der Waals surface area contributed by atoms with Gasteiger partial charge >= 0.3 is 0 Å². The second kappa shape index (κ2) is 68.0. The van der Waals surface area contributed by atoms with Crippen molar-refractivity contribution in [3.63, 3.8) is 0 Å². The third kappa shape index (κ3) is 47.7. The summed E-state index contributed by atoms with van der Waals surface area (Å²) in [5, 5.41) is 0. The quantitative estimate of drug-likeness (QED) is 0.129. The van der Waals surface area contributed by atoms with Crippen molar-refractivity contribution in [2.24, 2.45) is 47.3 Å². The normalized spacial score (nSPS) is 24.1. The van der Waals surface area contributed by atoms with Crippen LogP contribution in [0.15, 0.2) is 12.2 Å². The molecule has 0 N–H and O–H groups in total. The van der Waals surface area contributed by atoms with Gasteiger partial charge in [-0.1, -0.05) is 191 Å². The number of rotatable bonds is 8. The van der Waals surface area contributed by atoms with Crippen molar-refractivity contribution in [2.75, 3.05) is 0 Å². The molecule has 5 fully saturated rings. The molecule has 5 aliphatic rings. The Bertz CT molecular complexity index is 637. The third-order valence-corrected chi connectivity index (χ3v) is 11.9. The fraction of sp³-hybridized carbons (Fsp3) is 0.918. The average molecular weight is 1180 g/mol. The van der Waals surface area contributed by atoms with Crippen LogP contribution in [0.4, 0.5) is 0 Å². The van der Waals surface area contributed by atoms with Crippen LogP contribution in [0.5, 0.6) is 0 Å². The predicted octanol–water partition coefficient (Wildman–Crippen LogP) is 18.2. The van der Waals surface area contributed by atoms with Gasteiger partial charge in [-0.05, 0) is 92.8 Å². The van der Waals surface area contributed by atoms with Crippen LogP contribution in [0, 0.1) is 60.2 Å². The van der Waals surface area contributed by atoms with Gasteiger partial charge < -0.3 is 12.8 Å². The van der Waals surface area contributed by atoms with Crippen molar-refractivity contribution in [2.45, 2.75) is 250 Å². The van der Waals surface area contributed by atoms with E-state index in [1.807, 2.05) is 0 Å². The van der Waals surface area contributed by atoms with Crippen molar-refractivity contribution in [1.29, 1.82) is 0 Å². The molecule has 12 radical (unpaired) electrons. The predicted molar refractivity (Wildman–Crippen MR) is 259 cm³/mol. The summed E-state index contributed by atoms with van der Waals surface area (Å²) < 4.78 is 0. The van der Waals surface area contributed by atoms with Crippen LogP contribution in [-0.4, -0.2) is 23.9 Å². The summed E-state index contributed by atoms with van der Waals surface area (Å²) in [6, 6.07) is 0. The first-order valence-corrected chi connectivity index (χ1v) is 18.3. The Morgan fingerprint density at radius 3 is 0.842 bits per heavy atom. The molecule has 0 amide bonds. The minimum atomic E-state index is 0. The molecule has 0 aromatic heterocycles. The summed E-state index contributed by atoms with van der Waals surface area (Å²) in [5.41, 5.74) is 0. The molecule has 57 heavy (non-hydrogen) atoms. The van der Waals surface area contributed by atoms with Crippen LogP contribution < -0.4 is 0 Å². The van der Waals surface area contributed by atoms with Crippen molar-refractivity contribution >= 4 is 23.9 Å². The molecule has 5 rings (SSSR count). The van der Waals surface area contributed by atoms with Crippen LogP contribution in [0.25, 0.3) is 0 Å². The van der Waals surface area contributed by atoms with E-state index in [0.717, 1.165) is 47.3 Å². The zero-order valence-electron chi connectivity index (χ0n) is 30.5. The van der Waals surface area contributed by atoms with Crippen molar-refractivity contribution in [3.05, 3.63) is 25.0 Å². The van der Waals surface area contributed by atoms with E-state index >= 15 is 0 Å². The summed E-state index contributed by atoms with van der Waals surface area (Å²) in [6.45, 7) is 4.59. The largest absolute Gasteiger partial charge is 0.328 e. The smallest absolute Gasteiger partial charge is 0 e. The van der Waals surface area contributed by atoms with E-state index in [0.29, 0.717) is 0 Å². The first-order valence-electron chi connectivity index (χ1n) is 18.3. The van der Waals surface area contributed by atoms with Gasteiger partial charge in [-0.2, -0.15) is 25.7 Å². The summed E-state index contributed by atoms with van der Waals surface area (Å²) in [5.74, 6) is 8.52. The van der Waals surface area contributed by atoms with Gasteiger partial charge in [-0.25, -0.2) is 0 Å². The molecule has 332 valence electrons. The van der Waals surface area contributed by atoms with E-state index in [2.05, 4.69) is 54.3 Å². The molecule has 0 nitrogen and oxygen atoms in total. The fourth-order valence-corrected chi connectivity index (χ4v) is 9.18. The monoisotopic (exact) mass is 1180 g/mol. The molecule has 5 saturated carbocycles. The van der Waals surface area contributed by atoms with Gasteiger partial charge in [-0.3, -0.25) is 0 Å². The molecule has 0 saturated heterocycles. The fourth-order valence-electron chi connectivity index (χ4n) is 9.18. The number of allylic oxidation sites excluding steroid dienone is 2. The SMILES string of the molecule is C.C.C.C.C.C.C.C.C.C.C.C/C=C/CC1CCC(CC2CC[CH-]CC2)CC1.CC1CCC(CC2CCC(CC3CC[CH-]CC3)CC2)CC1.[B].[B][B].[Y].[Y].[Y].[Y].[Y]. The van der Waals surface area contributed by atoms with E-state index in [4.69, 9.17) is 0 Å². The first-order chi connectivity index (χ1) is 19.7. The molecule has 5 aliphatic carbocycles.